The molecule has 0 bridgehead atoms. The second-order valence-electron chi connectivity index (χ2n) is 7.32. The van der Waals surface area contributed by atoms with Gasteiger partial charge in [0.15, 0.2) is 0 Å². The summed E-state index contributed by atoms with van der Waals surface area (Å²) in [5.74, 6) is -0.469. The lowest BCUT2D eigenvalue weighted by molar-refractivity contribution is 0.0690. The molecule has 29 heavy (non-hydrogen) atoms. The molecule has 1 aliphatic heterocycles. The number of piperidine rings is 1. The van der Waals surface area contributed by atoms with Gasteiger partial charge in [-0.25, -0.2) is 4.79 Å². The summed E-state index contributed by atoms with van der Waals surface area (Å²) in [6.45, 7) is 1.37. The van der Waals surface area contributed by atoms with Crippen LogP contribution < -0.4 is 0 Å². The minimum Gasteiger partial charge on any atom is -0.478 e. The molecule has 1 N–H and O–H groups in total. The Balaban J connectivity index is 1.36. The van der Waals surface area contributed by atoms with E-state index in [1.807, 2.05) is 41.3 Å². The molecule has 1 fully saturated rings. The number of nitrogens with zero attached hydrogens (tertiary/aromatic N) is 4. The van der Waals surface area contributed by atoms with Crippen LogP contribution >= 0.6 is 0 Å². The Labute approximate surface area is 168 Å². The number of carbonyl (C=O) groups excluding carboxylic acids is 1. The number of aromatic carboxylic acids is 1. The summed E-state index contributed by atoms with van der Waals surface area (Å²) in [4.78, 5) is 26.1. The highest BCUT2D eigenvalue weighted by Gasteiger charge is 2.25. The van der Waals surface area contributed by atoms with Gasteiger partial charge in [0.2, 0.25) is 0 Å². The van der Waals surface area contributed by atoms with Crippen LogP contribution in [0.25, 0.3) is 5.69 Å². The summed E-state index contributed by atoms with van der Waals surface area (Å²) in [5, 5.41) is 16.9. The number of likely N-dealkylation sites (tertiary alicyclic amines) is 1. The summed E-state index contributed by atoms with van der Waals surface area (Å²) < 4.78 is 1.79. The van der Waals surface area contributed by atoms with Crippen molar-refractivity contribution in [2.75, 3.05) is 13.1 Å². The average molecular weight is 390 g/mol. The maximum atomic E-state index is 12.8. The van der Waals surface area contributed by atoms with Crippen LogP contribution in [-0.2, 0) is 6.42 Å². The highest BCUT2D eigenvalue weighted by Crippen LogP contribution is 2.24. The molecule has 4 rings (SSSR count). The Hall–Kier alpha value is -3.48. The highest BCUT2D eigenvalue weighted by molar-refractivity contribution is 5.94. The van der Waals surface area contributed by atoms with Gasteiger partial charge in [0.05, 0.1) is 5.56 Å². The number of amides is 1. The van der Waals surface area contributed by atoms with Gasteiger partial charge < -0.3 is 10.0 Å². The quantitative estimate of drug-likeness (QED) is 0.723. The SMILES string of the molecule is O=C(O)c1ccccc1CC1CCN(C(=O)c2ccc(-n3cnnc3)cc2)CC1. The number of benzene rings is 2. The second-order valence-corrected chi connectivity index (χ2v) is 7.32. The third-order valence-corrected chi connectivity index (χ3v) is 5.49. The Kier molecular flexibility index (Phi) is 5.37. The standard InChI is InChI=1S/C22H22N4O3/c27-21(17-5-7-19(8-6-17)26-14-23-24-15-26)25-11-9-16(10-12-25)13-18-3-1-2-4-20(18)22(28)29/h1-8,14-16H,9-13H2,(H,28,29). The molecule has 2 aromatic carbocycles. The first-order valence-electron chi connectivity index (χ1n) is 9.67. The summed E-state index contributed by atoms with van der Waals surface area (Å²) in [6, 6.07) is 14.6. The lowest BCUT2D eigenvalue weighted by atomic mass is 9.88. The van der Waals surface area contributed by atoms with Crippen LogP contribution in [0.3, 0.4) is 0 Å². The summed E-state index contributed by atoms with van der Waals surface area (Å²) in [6.07, 6.45) is 5.71. The van der Waals surface area contributed by atoms with E-state index in [0.29, 0.717) is 30.1 Å². The van der Waals surface area contributed by atoms with E-state index in [0.717, 1.165) is 30.5 Å². The van der Waals surface area contributed by atoms with Gasteiger partial charge in [-0.1, -0.05) is 18.2 Å². The molecule has 1 amide bonds. The third kappa shape index (κ3) is 4.18. The Morgan fingerprint density at radius 1 is 0.966 bits per heavy atom. The molecular weight excluding hydrogens is 368 g/mol. The van der Waals surface area contributed by atoms with E-state index in [4.69, 9.17) is 0 Å². The molecule has 0 saturated carbocycles. The normalized spacial score (nSPS) is 14.7. The van der Waals surface area contributed by atoms with Crippen molar-refractivity contribution >= 4 is 11.9 Å². The first-order chi connectivity index (χ1) is 14.1. The summed E-state index contributed by atoms with van der Waals surface area (Å²) >= 11 is 0. The molecule has 0 spiro atoms. The van der Waals surface area contributed by atoms with Crippen LogP contribution in [0.4, 0.5) is 0 Å². The van der Waals surface area contributed by atoms with Crippen LogP contribution in [0.1, 0.15) is 39.1 Å². The van der Waals surface area contributed by atoms with Gasteiger partial charge in [-0.05, 0) is 61.1 Å². The van der Waals surface area contributed by atoms with Gasteiger partial charge in [0.25, 0.3) is 5.91 Å². The topological polar surface area (TPSA) is 88.3 Å². The molecule has 7 heteroatoms. The van der Waals surface area contributed by atoms with E-state index in [-0.39, 0.29) is 5.91 Å². The van der Waals surface area contributed by atoms with Crippen molar-refractivity contribution < 1.29 is 14.7 Å². The van der Waals surface area contributed by atoms with Crippen molar-refractivity contribution in [2.24, 2.45) is 5.92 Å². The monoisotopic (exact) mass is 390 g/mol. The van der Waals surface area contributed by atoms with Gasteiger partial charge in [-0.3, -0.25) is 9.36 Å². The molecule has 1 aliphatic rings. The predicted molar refractivity (Wildman–Crippen MR) is 107 cm³/mol. The number of aromatic nitrogens is 3. The van der Waals surface area contributed by atoms with E-state index in [1.54, 1.807) is 29.4 Å². The fraction of sp³-hybridized carbons (Fsp3) is 0.273. The first kappa shape index (κ1) is 18.9. The zero-order valence-electron chi connectivity index (χ0n) is 15.9. The van der Waals surface area contributed by atoms with E-state index >= 15 is 0 Å². The summed E-state index contributed by atoms with van der Waals surface area (Å²) in [5.41, 5.74) is 2.81. The molecule has 1 aromatic heterocycles. The average Bonchev–Trinajstić information content (AvgIpc) is 3.29. The van der Waals surface area contributed by atoms with Gasteiger partial charge in [0.1, 0.15) is 12.7 Å². The zero-order valence-corrected chi connectivity index (χ0v) is 15.9. The van der Waals surface area contributed by atoms with Crippen LogP contribution in [0.5, 0.6) is 0 Å². The Morgan fingerprint density at radius 3 is 2.28 bits per heavy atom. The highest BCUT2D eigenvalue weighted by atomic mass is 16.4. The van der Waals surface area contributed by atoms with Gasteiger partial charge in [0, 0.05) is 24.3 Å². The minimum atomic E-state index is -0.886. The van der Waals surface area contributed by atoms with E-state index < -0.39 is 5.97 Å². The zero-order chi connectivity index (χ0) is 20.2. The summed E-state index contributed by atoms with van der Waals surface area (Å²) in [7, 11) is 0. The lowest BCUT2D eigenvalue weighted by Gasteiger charge is -2.32. The predicted octanol–water partition coefficient (Wildman–Crippen LogP) is 3.06. The van der Waals surface area contributed by atoms with Crippen molar-refractivity contribution in [1.82, 2.24) is 19.7 Å². The van der Waals surface area contributed by atoms with Crippen molar-refractivity contribution in [3.63, 3.8) is 0 Å². The van der Waals surface area contributed by atoms with E-state index in [1.165, 1.54) is 0 Å². The molecule has 7 nitrogen and oxygen atoms in total. The molecule has 2 heterocycles. The van der Waals surface area contributed by atoms with E-state index in [2.05, 4.69) is 10.2 Å². The maximum absolute atomic E-state index is 12.8. The second kappa shape index (κ2) is 8.26. The minimum absolute atomic E-state index is 0.0321. The smallest absolute Gasteiger partial charge is 0.335 e. The van der Waals surface area contributed by atoms with Crippen molar-refractivity contribution in [2.45, 2.75) is 19.3 Å². The lowest BCUT2D eigenvalue weighted by Crippen LogP contribution is -2.39. The molecule has 0 unspecified atom stereocenters. The maximum Gasteiger partial charge on any atom is 0.335 e. The number of hydrogen-bond acceptors (Lipinski definition) is 4. The van der Waals surface area contributed by atoms with Gasteiger partial charge in [-0.15, -0.1) is 10.2 Å². The number of rotatable bonds is 5. The van der Waals surface area contributed by atoms with Crippen molar-refractivity contribution in [3.8, 4) is 5.69 Å². The first-order valence-corrected chi connectivity index (χ1v) is 9.67. The Bertz CT molecular complexity index is 991. The fourth-order valence-corrected chi connectivity index (χ4v) is 3.85. The molecule has 0 aliphatic carbocycles. The van der Waals surface area contributed by atoms with Crippen LogP contribution in [0.15, 0.2) is 61.2 Å². The largest absolute Gasteiger partial charge is 0.478 e. The molecule has 148 valence electrons. The van der Waals surface area contributed by atoms with Crippen LogP contribution in [0, 0.1) is 5.92 Å². The van der Waals surface area contributed by atoms with Crippen LogP contribution in [-0.4, -0.2) is 49.7 Å². The molecule has 0 atom stereocenters. The third-order valence-electron chi connectivity index (χ3n) is 5.49. The van der Waals surface area contributed by atoms with Gasteiger partial charge in [-0.2, -0.15) is 0 Å². The number of carboxylic acid groups (broad SMARTS) is 1. The Morgan fingerprint density at radius 2 is 1.62 bits per heavy atom. The number of carbonyl (C=O) groups is 2. The molecular formula is C22H22N4O3. The molecule has 0 radical (unpaired) electrons. The number of hydrogen-bond donors (Lipinski definition) is 1. The van der Waals surface area contributed by atoms with Crippen LogP contribution in [0.2, 0.25) is 0 Å². The number of carboxylic acids is 1. The fourth-order valence-electron chi connectivity index (χ4n) is 3.85. The van der Waals surface area contributed by atoms with Crippen molar-refractivity contribution in [1.29, 1.82) is 0 Å². The molecule has 1 saturated heterocycles. The van der Waals surface area contributed by atoms with Crippen molar-refractivity contribution in [3.05, 3.63) is 77.9 Å². The van der Waals surface area contributed by atoms with E-state index in [9.17, 15) is 14.7 Å². The molecule has 3 aromatic rings. The van der Waals surface area contributed by atoms with Gasteiger partial charge >= 0.3 is 5.97 Å².